The molecule has 2 N–H and O–H groups in total. The highest BCUT2D eigenvalue weighted by Gasteiger charge is 2.20. The van der Waals surface area contributed by atoms with Crippen LogP contribution in [0.5, 0.6) is 0 Å². The van der Waals surface area contributed by atoms with Gasteiger partial charge in [0.2, 0.25) is 0 Å². The van der Waals surface area contributed by atoms with Crippen LogP contribution in [0.3, 0.4) is 0 Å². The predicted molar refractivity (Wildman–Crippen MR) is 93.3 cm³/mol. The Bertz CT molecular complexity index is 480. The van der Waals surface area contributed by atoms with E-state index in [1.807, 2.05) is 0 Å². The number of rotatable bonds is 6. The Morgan fingerprint density at radius 1 is 1.27 bits per heavy atom. The SMILES string of the molecule is CC1CCc2ccc(CCCCC(C)[C@@H]3CCNC3)nc2N1. The highest BCUT2D eigenvalue weighted by atomic mass is 15.0. The smallest absolute Gasteiger partial charge is 0.129 e. The van der Waals surface area contributed by atoms with Gasteiger partial charge in [0.05, 0.1) is 0 Å². The van der Waals surface area contributed by atoms with Gasteiger partial charge in [-0.15, -0.1) is 0 Å². The third-order valence-electron chi connectivity index (χ3n) is 5.51. The number of aryl methyl sites for hydroxylation is 2. The molecule has 3 rings (SSSR count). The second-order valence-electron chi connectivity index (χ2n) is 7.37. The van der Waals surface area contributed by atoms with Crippen molar-refractivity contribution in [1.82, 2.24) is 10.3 Å². The number of hydrogen-bond acceptors (Lipinski definition) is 3. The fraction of sp³-hybridized carbons (Fsp3) is 0.737. The normalized spacial score (nSPS) is 25.5. The van der Waals surface area contributed by atoms with Gasteiger partial charge in [-0.25, -0.2) is 4.98 Å². The van der Waals surface area contributed by atoms with E-state index in [4.69, 9.17) is 4.98 Å². The van der Waals surface area contributed by atoms with Gasteiger partial charge in [-0.2, -0.15) is 0 Å². The molecule has 0 aliphatic carbocycles. The zero-order chi connectivity index (χ0) is 15.4. The molecule has 0 aromatic carbocycles. The van der Waals surface area contributed by atoms with Crippen molar-refractivity contribution in [3.05, 3.63) is 23.4 Å². The van der Waals surface area contributed by atoms with Crippen molar-refractivity contribution in [2.24, 2.45) is 11.8 Å². The summed E-state index contributed by atoms with van der Waals surface area (Å²) in [6.07, 6.45) is 8.86. The second-order valence-corrected chi connectivity index (χ2v) is 7.37. The molecular weight excluding hydrogens is 270 g/mol. The van der Waals surface area contributed by atoms with E-state index in [9.17, 15) is 0 Å². The number of fused-ring (bicyclic) bond motifs is 1. The molecule has 1 fully saturated rings. The number of nitrogens with zero attached hydrogens (tertiary/aromatic N) is 1. The van der Waals surface area contributed by atoms with E-state index in [1.54, 1.807) is 0 Å². The van der Waals surface area contributed by atoms with Gasteiger partial charge in [-0.05, 0) is 75.6 Å². The Labute approximate surface area is 135 Å². The standard InChI is InChI=1S/C19H31N3/c1-14(17-11-12-20-13-17)5-3-4-6-18-10-9-16-8-7-15(2)21-19(16)22-18/h9-10,14-15,17,20H,3-8,11-13H2,1-2H3,(H,21,22)/t14?,15?,17-/m1/s1. The lowest BCUT2D eigenvalue weighted by Gasteiger charge is -2.23. The molecule has 2 unspecified atom stereocenters. The molecule has 0 spiro atoms. The first kappa shape index (κ1) is 15.8. The van der Waals surface area contributed by atoms with E-state index in [1.165, 1.54) is 62.9 Å². The van der Waals surface area contributed by atoms with Gasteiger partial charge in [-0.1, -0.05) is 25.8 Å². The number of anilines is 1. The maximum Gasteiger partial charge on any atom is 0.129 e. The molecule has 2 aliphatic heterocycles. The minimum Gasteiger partial charge on any atom is -0.367 e. The summed E-state index contributed by atoms with van der Waals surface area (Å²) >= 11 is 0. The molecule has 3 atom stereocenters. The minimum atomic E-state index is 0.566. The van der Waals surface area contributed by atoms with Crippen molar-refractivity contribution in [2.45, 2.75) is 64.8 Å². The lowest BCUT2D eigenvalue weighted by atomic mass is 9.88. The lowest BCUT2D eigenvalue weighted by Crippen LogP contribution is -2.23. The largest absolute Gasteiger partial charge is 0.367 e. The first-order valence-electron chi connectivity index (χ1n) is 9.18. The zero-order valence-electron chi connectivity index (χ0n) is 14.2. The Balaban J connectivity index is 1.43. The highest BCUT2D eigenvalue weighted by molar-refractivity contribution is 5.48. The van der Waals surface area contributed by atoms with Crippen LogP contribution < -0.4 is 10.6 Å². The summed E-state index contributed by atoms with van der Waals surface area (Å²) < 4.78 is 0. The number of nitrogens with one attached hydrogen (secondary N) is 2. The van der Waals surface area contributed by atoms with E-state index in [2.05, 4.69) is 36.6 Å². The Morgan fingerprint density at radius 2 is 2.18 bits per heavy atom. The maximum absolute atomic E-state index is 4.84. The van der Waals surface area contributed by atoms with E-state index >= 15 is 0 Å². The molecule has 3 heteroatoms. The van der Waals surface area contributed by atoms with E-state index in [0.29, 0.717) is 6.04 Å². The Morgan fingerprint density at radius 3 is 3.00 bits per heavy atom. The number of aromatic nitrogens is 1. The second kappa shape index (κ2) is 7.45. The fourth-order valence-electron chi connectivity index (χ4n) is 3.84. The first-order chi connectivity index (χ1) is 10.7. The zero-order valence-corrected chi connectivity index (χ0v) is 14.2. The monoisotopic (exact) mass is 301 g/mol. The van der Waals surface area contributed by atoms with Crippen LogP contribution in [-0.4, -0.2) is 24.1 Å². The molecule has 3 heterocycles. The summed E-state index contributed by atoms with van der Waals surface area (Å²) in [5, 5.41) is 7.01. The van der Waals surface area contributed by atoms with E-state index in [-0.39, 0.29) is 0 Å². The van der Waals surface area contributed by atoms with Gasteiger partial charge in [0.25, 0.3) is 0 Å². The molecule has 0 bridgehead atoms. The maximum atomic E-state index is 4.84. The fourth-order valence-corrected chi connectivity index (χ4v) is 3.84. The van der Waals surface area contributed by atoms with E-state index < -0.39 is 0 Å². The van der Waals surface area contributed by atoms with Crippen LogP contribution >= 0.6 is 0 Å². The topological polar surface area (TPSA) is 37.0 Å². The van der Waals surface area contributed by atoms with Crippen molar-refractivity contribution < 1.29 is 0 Å². The highest BCUT2D eigenvalue weighted by Crippen LogP contribution is 2.25. The molecular formula is C19H31N3. The summed E-state index contributed by atoms with van der Waals surface area (Å²) in [5.41, 5.74) is 2.65. The van der Waals surface area contributed by atoms with Crippen LogP contribution in [0.25, 0.3) is 0 Å². The van der Waals surface area contributed by atoms with Crippen molar-refractivity contribution in [1.29, 1.82) is 0 Å². The van der Waals surface area contributed by atoms with Crippen LogP contribution in [0.1, 0.15) is 57.2 Å². The van der Waals surface area contributed by atoms with Gasteiger partial charge in [0, 0.05) is 11.7 Å². The number of pyridine rings is 1. The van der Waals surface area contributed by atoms with Crippen LogP contribution in [0.15, 0.2) is 12.1 Å². The van der Waals surface area contributed by atoms with Crippen molar-refractivity contribution in [2.75, 3.05) is 18.4 Å². The van der Waals surface area contributed by atoms with Crippen LogP contribution in [0.4, 0.5) is 5.82 Å². The summed E-state index contributed by atoms with van der Waals surface area (Å²) in [6.45, 7) is 7.13. The van der Waals surface area contributed by atoms with Gasteiger partial charge in [0.15, 0.2) is 0 Å². The van der Waals surface area contributed by atoms with Gasteiger partial charge in [-0.3, -0.25) is 0 Å². The molecule has 1 saturated heterocycles. The Hall–Kier alpha value is -1.09. The molecule has 0 saturated carbocycles. The summed E-state index contributed by atoms with van der Waals surface area (Å²) in [6, 6.07) is 5.08. The molecule has 2 aliphatic rings. The van der Waals surface area contributed by atoms with Crippen LogP contribution in [-0.2, 0) is 12.8 Å². The predicted octanol–water partition coefficient (Wildman–Crippen LogP) is 3.79. The molecule has 0 radical (unpaired) electrons. The Kier molecular flexibility index (Phi) is 5.35. The average molecular weight is 301 g/mol. The van der Waals surface area contributed by atoms with Gasteiger partial charge in [0.1, 0.15) is 5.82 Å². The molecule has 3 nitrogen and oxygen atoms in total. The summed E-state index contributed by atoms with van der Waals surface area (Å²) in [4.78, 5) is 4.84. The van der Waals surface area contributed by atoms with Crippen molar-refractivity contribution >= 4 is 5.82 Å². The van der Waals surface area contributed by atoms with Gasteiger partial charge < -0.3 is 10.6 Å². The molecule has 1 aromatic rings. The third-order valence-corrected chi connectivity index (χ3v) is 5.51. The first-order valence-corrected chi connectivity index (χ1v) is 9.18. The van der Waals surface area contributed by atoms with Crippen LogP contribution in [0, 0.1) is 11.8 Å². The third kappa shape index (κ3) is 4.01. The molecule has 0 amide bonds. The minimum absolute atomic E-state index is 0.566. The summed E-state index contributed by atoms with van der Waals surface area (Å²) in [7, 11) is 0. The van der Waals surface area contributed by atoms with Crippen LogP contribution in [0.2, 0.25) is 0 Å². The average Bonchev–Trinajstić information content (AvgIpc) is 3.05. The number of unbranched alkanes of at least 4 members (excludes halogenated alkanes) is 1. The van der Waals surface area contributed by atoms with Crippen molar-refractivity contribution in [3.63, 3.8) is 0 Å². The summed E-state index contributed by atoms with van der Waals surface area (Å²) in [5.74, 6) is 2.92. The quantitative estimate of drug-likeness (QED) is 0.785. The molecule has 1 aromatic heterocycles. The van der Waals surface area contributed by atoms with E-state index in [0.717, 1.165) is 24.1 Å². The van der Waals surface area contributed by atoms with Crippen molar-refractivity contribution in [3.8, 4) is 0 Å². The number of hydrogen-bond donors (Lipinski definition) is 2. The molecule has 22 heavy (non-hydrogen) atoms. The molecule has 122 valence electrons. The lowest BCUT2D eigenvalue weighted by molar-refractivity contribution is 0.352. The van der Waals surface area contributed by atoms with Gasteiger partial charge >= 0.3 is 0 Å².